The summed E-state index contributed by atoms with van der Waals surface area (Å²) in [5.41, 5.74) is 0.165. The van der Waals surface area contributed by atoms with E-state index in [9.17, 15) is 14.9 Å². The number of rotatable bonds is 1. The Morgan fingerprint density at radius 1 is 1.05 bits per heavy atom. The molecule has 5 nitrogen and oxygen atoms in total. The highest BCUT2D eigenvalue weighted by molar-refractivity contribution is 9.10. The van der Waals surface area contributed by atoms with Crippen molar-refractivity contribution in [3.05, 3.63) is 61.3 Å². The van der Waals surface area contributed by atoms with Crippen molar-refractivity contribution in [1.29, 1.82) is 0 Å². The quantitative estimate of drug-likeness (QED) is 0.424. The van der Waals surface area contributed by atoms with Crippen molar-refractivity contribution >= 4 is 43.3 Å². The van der Waals surface area contributed by atoms with Gasteiger partial charge < -0.3 is 4.98 Å². The number of nitrogens with zero attached hydrogens (tertiary/aromatic N) is 1. The van der Waals surface area contributed by atoms with Gasteiger partial charge in [-0.25, -0.2) is 0 Å². The van der Waals surface area contributed by atoms with Gasteiger partial charge in [-0.2, -0.15) is 0 Å². The molecule has 19 heavy (non-hydrogen) atoms. The van der Waals surface area contributed by atoms with Crippen molar-refractivity contribution < 1.29 is 4.92 Å². The highest BCUT2D eigenvalue weighted by Crippen LogP contribution is 2.26. The lowest BCUT2D eigenvalue weighted by molar-refractivity contribution is -0.384. The number of nitro groups is 1. The summed E-state index contributed by atoms with van der Waals surface area (Å²) in [4.78, 5) is 24.9. The fourth-order valence-corrected chi connectivity index (χ4v) is 2.47. The molecule has 0 saturated carbocycles. The topological polar surface area (TPSA) is 76.0 Å². The van der Waals surface area contributed by atoms with Crippen LogP contribution < -0.4 is 5.56 Å². The fourth-order valence-electron chi connectivity index (χ4n) is 2.11. The Hall–Kier alpha value is -2.21. The Balaban J connectivity index is 2.48. The third kappa shape index (κ3) is 1.90. The zero-order chi connectivity index (χ0) is 13.6. The smallest absolute Gasteiger partial charge is 0.271 e. The van der Waals surface area contributed by atoms with E-state index in [2.05, 4.69) is 20.9 Å². The number of aromatic nitrogens is 1. The monoisotopic (exact) mass is 318 g/mol. The molecule has 2 aromatic carbocycles. The predicted octanol–water partition coefficient (Wildman–Crippen LogP) is 3.35. The number of hydrogen-bond acceptors (Lipinski definition) is 3. The molecule has 1 N–H and O–H groups in total. The number of aromatic amines is 1. The lowest BCUT2D eigenvalue weighted by Gasteiger charge is -2.04. The van der Waals surface area contributed by atoms with Crippen LogP contribution in [0.4, 0.5) is 5.69 Å². The maximum absolute atomic E-state index is 12.0. The van der Waals surface area contributed by atoms with Crippen LogP contribution in [0.25, 0.3) is 21.7 Å². The number of H-pyrrole nitrogens is 1. The normalized spacial score (nSPS) is 11.0. The standard InChI is InChI=1S/C13H7BrN2O3/c14-7-1-3-9-10-4-2-8(16(18)19)6-12(10)15-13(17)11(9)5-7/h1-6H,(H,15,17). The van der Waals surface area contributed by atoms with Gasteiger partial charge in [0, 0.05) is 27.4 Å². The van der Waals surface area contributed by atoms with E-state index < -0.39 is 4.92 Å². The summed E-state index contributed by atoms with van der Waals surface area (Å²) in [5.74, 6) is 0. The molecule has 3 rings (SSSR count). The second-order valence-corrected chi connectivity index (χ2v) is 5.05. The first kappa shape index (κ1) is 11.9. The Morgan fingerprint density at radius 3 is 2.53 bits per heavy atom. The minimum atomic E-state index is -0.483. The molecule has 0 amide bonds. The van der Waals surface area contributed by atoms with Gasteiger partial charge in [-0.1, -0.05) is 22.0 Å². The third-order valence-electron chi connectivity index (χ3n) is 2.98. The molecular formula is C13H7BrN2O3. The van der Waals surface area contributed by atoms with Crippen LogP contribution in [-0.2, 0) is 0 Å². The fraction of sp³-hybridized carbons (Fsp3) is 0. The van der Waals surface area contributed by atoms with Crippen molar-refractivity contribution in [3.8, 4) is 0 Å². The van der Waals surface area contributed by atoms with E-state index in [0.717, 1.165) is 15.2 Å². The number of non-ortho nitro benzene ring substituents is 1. The largest absolute Gasteiger partial charge is 0.321 e. The van der Waals surface area contributed by atoms with Gasteiger partial charge in [0.2, 0.25) is 0 Å². The molecule has 0 radical (unpaired) electrons. The van der Waals surface area contributed by atoms with E-state index in [-0.39, 0.29) is 11.2 Å². The van der Waals surface area contributed by atoms with Gasteiger partial charge in [0.25, 0.3) is 11.2 Å². The first-order chi connectivity index (χ1) is 9.06. The SMILES string of the molecule is O=c1[nH]c2cc([N+](=O)[O-])ccc2c2ccc(Br)cc12. The summed E-state index contributed by atoms with van der Waals surface area (Å²) in [6.07, 6.45) is 0. The molecular weight excluding hydrogens is 312 g/mol. The molecule has 94 valence electrons. The van der Waals surface area contributed by atoms with Crippen molar-refractivity contribution in [2.24, 2.45) is 0 Å². The second-order valence-electron chi connectivity index (χ2n) is 4.13. The van der Waals surface area contributed by atoms with E-state index in [1.165, 1.54) is 12.1 Å². The van der Waals surface area contributed by atoms with Gasteiger partial charge in [-0.15, -0.1) is 0 Å². The molecule has 0 fully saturated rings. The summed E-state index contributed by atoms with van der Waals surface area (Å²) >= 11 is 3.32. The number of hydrogen-bond donors (Lipinski definition) is 1. The van der Waals surface area contributed by atoms with Crippen LogP contribution in [-0.4, -0.2) is 9.91 Å². The lowest BCUT2D eigenvalue weighted by atomic mass is 10.1. The molecule has 0 saturated heterocycles. The zero-order valence-corrected chi connectivity index (χ0v) is 11.1. The molecule has 3 aromatic rings. The highest BCUT2D eigenvalue weighted by atomic mass is 79.9. The van der Waals surface area contributed by atoms with E-state index in [0.29, 0.717) is 10.9 Å². The lowest BCUT2D eigenvalue weighted by Crippen LogP contribution is -2.06. The van der Waals surface area contributed by atoms with E-state index in [4.69, 9.17) is 0 Å². The number of nitrogens with one attached hydrogen (secondary N) is 1. The van der Waals surface area contributed by atoms with Crippen molar-refractivity contribution in [2.75, 3.05) is 0 Å². The van der Waals surface area contributed by atoms with Gasteiger partial charge in [0.1, 0.15) is 0 Å². The van der Waals surface area contributed by atoms with Crippen LogP contribution in [0.3, 0.4) is 0 Å². The minimum absolute atomic E-state index is 0.0420. The number of nitro benzene ring substituents is 1. The number of halogens is 1. The molecule has 0 aliphatic rings. The molecule has 1 heterocycles. The molecule has 0 aliphatic carbocycles. The van der Waals surface area contributed by atoms with Gasteiger partial charge in [0.15, 0.2) is 0 Å². The molecule has 0 aliphatic heterocycles. The van der Waals surface area contributed by atoms with Gasteiger partial charge >= 0.3 is 0 Å². The van der Waals surface area contributed by atoms with Gasteiger partial charge in [-0.05, 0) is 23.6 Å². The van der Waals surface area contributed by atoms with Crippen molar-refractivity contribution in [3.63, 3.8) is 0 Å². The Labute approximate surface area is 115 Å². The highest BCUT2D eigenvalue weighted by Gasteiger charge is 2.10. The summed E-state index contributed by atoms with van der Waals surface area (Å²) < 4.78 is 0.812. The van der Waals surface area contributed by atoms with Crippen molar-refractivity contribution in [1.82, 2.24) is 4.98 Å². The summed E-state index contributed by atoms with van der Waals surface area (Å²) in [7, 11) is 0. The Morgan fingerprint density at radius 2 is 1.79 bits per heavy atom. The maximum Gasteiger partial charge on any atom is 0.271 e. The maximum atomic E-state index is 12.0. The minimum Gasteiger partial charge on any atom is -0.321 e. The van der Waals surface area contributed by atoms with E-state index in [1.807, 2.05) is 12.1 Å². The molecule has 0 bridgehead atoms. The van der Waals surface area contributed by atoms with Crippen LogP contribution in [0.15, 0.2) is 45.7 Å². The molecule has 0 unspecified atom stereocenters. The molecule has 6 heteroatoms. The second kappa shape index (κ2) is 4.17. The van der Waals surface area contributed by atoms with Crippen molar-refractivity contribution in [2.45, 2.75) is 0 Å². The van der Waals surface area contributed by atoms with Crippen LogP contribution in [0.5, 0.6) is 0 Å². The first-order valence-corrected chi connectivity index (χ1v) is 6.25. The molecule has 0 spiro atoms. The third-order valence-corrected chi connectivity index (χ3v) is 3.47. The number of pyridine rings is 1. The van der Waals surface area contributed by atoms with E-state index in [1.54, 1.807) is 12.1 Å². The predicted molar refractivity (Wildman–Crippen MR) is 76.4 cm³/mol. The molecule has 1 aromatic heterocycles. The van der Waals surface area contributed by atoms with Crippen LogP contribution in [0.2, 0.25) is 0 Å². The summed E-state index contributed by atoms with van der Waals surface area (Å²) in [6, 6.07) is 9.85. The van der Waals surface area contributed by atoms with E-state index >= 15 is 0 Å². The number of benzene rings is 2. The van der Waals surface area contributed by atoms with Crippen LogP contribution in [0.1, 0.15) is 0 Å². The van der Waals surface area contributed by atoms with Crippen LogP contribution in [0, 0.1) is 10.1 Å². The Kier molecular flexibility index (Phi) is 2.60. The Bertz CT molecular complexity index is 886. The molecule has 0 atom stereocenters. The van der Waals surface area contributed by atoms with Crippen LogP contribution >= 0.6 is 15.9 Å². The average molecular weight is 319 g/mol. The number of fused-ring (bicyclic) bond motifs is 3. The summed E-state index contributed by atoms with van der Waals surface area (Å²) in [5, 5.41) is 12.9. The average Bonchev–Trinajstić information content (AvgIpc) is 2.38. The van der Waals surface area contributed by atoms with Gasteiger partial charge in [-0.3, -0.25) is 14.9 Å². The zero-order valence-electron chi connectivity index (χ0n) is 9.51. The summed E-state index contributed by atoms with van der Waals surface area (Å²) in [6.45, 7) is 0. The first-order valence-electron chi connectivity index (χ1n) is 5.46. The van der Waals surface area contributed by atoms with Gasteiger partial charge in [0.05, 0.1) is 10.4 Å².